The van der Waals surface area contributed by atoms with Gasteiger partial charge in [0.1, 0.15) is 23.5 Å². The van der Waals surface area contributed by atoms with Gasteiger partial charge in [0, 0.05) is 20.4 Å². The molecule has 2 amide bonds. The van der Waals surface area contributed by atoms with E-state index in [-0.39, 0.29) is 24.5 Å². The first kappa shape index (κ1) is 38.9. The molecule has 1 unspecified atom stereocenters. The monoisotopic (exact) mass is 893 g/mol. The Labute approximate surface area is 310 Å². The summed E-state index contributed by atoms with van der Waals surface area (Å²) in [6.07, 6.45) is 4.69. The minimum Gasteiger partial charge on any atom is -0.434 e. The van der Waals surface area contributed by atoms with E-state index in [9.17, 15) is 31.5 Å². The number of carbonyl (C=O) groups excluding carboxylic acids is 2. The van der Waals surface area contributed by atoms with Crippen LogP contribution in [0.15, 0.2) is 76.6 Å². The lowest BCUT2D eigenvalue weighted by molar-refractivity contribution is -0.119. The summed E-state index contributed by atoms with van der Waals surface area (Å²) in [7, 11) is 0. The standard InChI is InChI=1S/C20H18F4N2O3.C13H9BrClFIN3O/c21-14-8-9-15(29-20(23)24)17(18(14)22)19(26-28-11-13-6-7-13)25-16(27)10-12-4-2-1-3-5-12;1-6(11-8(15)4-7(14)5-19-11)20-13(21)10-9(17)2-3-18-12(10)16/h1-5,8-9,13,20H,6-7,10-11H2,(H,25,26,27);2-6H,1H3,(H,20,21). The summed E-state index contributed by atoms with van der Waals surface area (Å²) in [4.78, 5) is 37.3. The van der Waals surface area contributed by atoms with Crippen molar-refractivity contribution in [1.82, 2.24) is 20.6 Å². The highest BCUT2D eigenvalue weighted by atomic mass is 127. The number of halogens is 8. The Balaban J connectivity index is 0.000000237. The van der Waals surface area contributed by atoms with Gasteiger partial charge < -0.3 is 20.2 Å². The third kappa shape index (κ3) is 11.3. The van der Waals surface area contributed by atoms with Crippen LogP contribution in [0.2, 0.25) is 5.02 Å². The first-order chi connectivity index (χ1) is 23.8. The van der Waals surface area contributed by atoms with E-state index in [0.717, 1.165) is 23.4 Å². The quantitative estimate of drug-likeness (QED) is 0.0393. The number of alkyl halides is 2. The maximum absolute atomic E-state index is 14.5. The summed E-state index contributed by atoms with van der Waals surface area (Å²) >= 11 is 11.2. The van der Waals surface area contributed by atoms with Crippen molar-refractivity contribution in [2.24, 2.45) is 11.1 Å². The molecule has 5 rings (SSSR count). The van der Waals surface area contributed by atoms with E-state index in [1.54, 1.807) is 55.6 Å². The second-order valence-electron chi connectivity index (χ2n) is 10.7. The zero-order chi connectivity index (χ0) is 36.4. The highest BCUT2D eigenvalue weighted by molar-refractivity contribution is 14.1. The minimum atomic E-state index is -3.28. The number of aromatic nitrogens is 2. The topological polar surface area (TPSA) is 115 Å². The van der Waals surface area contributed by atoms with E-state index in [0.29, 0.717) is 25.9 Å². The summed E-state index contributed by atoms with van der Waals surface area (Å²) in [5.74, 6) is -5.71. The molecule has 0 bridgehead atoms. The first-order valence-corrected chi connectivity index (χ1v) is 17.0. The maximum Gasteiger partial charge on any atom is 0.387 e. The molecule has 50 heavy (non-hydrogen) atoms. The van der Waals surface area contributed by atoms with Crippen LogP contribution in [0.5, 0.6) is 5.75 Å². The van der Waals surface area contributed by atoms with Crippen LogP contribution in [-0.2, 0) is 16.1 Å². The van der Waals surface area contributed by atoms with E-state index >= 15 is 0 Å². The van der Waals surface area contributed by atoms with Crippen LogP contribution in [0.1, 0.15) is 53.0 Å². The minimum absolute atomic E-state index is 0.0850. The van der Waals surface area contributed by atoms with E-state index in [4.69, 9.17) is 16.4 Å². The molecule has 1 fully saturated rings. The Hall–Kier alpha value is -3.90. The number of nitrogens with one attached hydrogen (secondary N) is 2. The molecule has 1 atom stereocenters. The van der Waals surface area contributed by atoms with E-state index in [1.807, 2.05) is 22.6 Å². The predicted octanol–water partition coefficient (Wildman–Crippen LogP) is 8.14. The van der Waals surface area contributed by atoms with Crippen LogP contribution >= 0.6 is 50.1 Å². The Morgan fingerprint density at radius 1 is 1.08 bits per heavy atom. The molecular formula is C33H27BrClF5IN5O4. The number of pyridine rings is 2. The molecule has 1 aliphatic carbocycles. The molecule has 1 aliphatic rings. The van der Waals surface area contributed by atoms with Gasteiger partial charge >= 0.3 is 6.61 Å². The molecule has 4 aromatic rings. The highest BCUT2D eigenvalue weighted by Crippen LogP contribution is 2.30. The lowest BCUT2D eigenvalue weighted by Crippen LogP contribution is -2.34. The molecule has 0 radical (unpaired) electrons. The van der Waals surface area contributed by atoms with Gasteiger partial charge in [0.15, 0.2) is 17.5 Å². The number of oxime groups is 1. The highest BCUT2D eigenvalue weighted by Gasteiger charge is 2.26. The van der Waals surface area contributed by atoms with Gasteiger partial charge in [-0.15, -0.1) is 0 Å². The van der Waals surface area contributed by atoms with Crippen LogP contribution in [0.3, 0.4) is 0 Å². The Morgan fingerprint density at radius 3 is 2.44 bits per heavy atom. The Bertz CT molecular complexity index is 1840. The average molecular weight is 895 g/mol. The second kappa shape index (κ2) is 18.4. The van der Waals surface area contributed by atoms with Crippen molar-refractivity contribution in [3.05, 3.63) is 120 Å². The Kier molecular flexibility index (Phi) is 14.3. The average Bonchev–Trinajstić information content (AvgIpc) is 3.87. The smallest absolute Gasteiger partial charge is 0.387 e. The number of carbonyl (C=O) groups is 2. The summed E-state index contributed by atoms with van der Waals surface area (Å²) in [6.45, 7) is -1.35. The number of benzene rings is 2. The van der Waals surface area contributed by atoms with Crippen molar-refractivity contribution in [3.63, 3.8) is 0 Å². The van der Waals surface area contributed by atoms with Gasteiger partial charge in [-0.25, -0.2) is 13.8 Å². The molecule has 2 N–H and O–H groups in total. The summed E-state index contributed by atoms with van der Waals surface area (Å²) in [6, 6.07) is 12.9. The second-order valence-corrected chi connectivity index (χ2v) is 13.2. The molecule has 2 aromatic heterocycles. The van der Waals surface area contributed by atoms with E-state index < -0.39 is 59.2 Å². The maximum atomic E-state index is 14.5. The number of hydrogen-bond donors (Lipinski definition) is 2. The van der Waals surface area contributed by atoms with Crippen molar-refractivity contribution in [3.8, 4) is 5.75 Å². The molecular weight excluding hydrogens is 868 g/mol. The number of amidine groups is 1. The molecule has 0 spiro atoms. The zero-order valence-electron chi connectivity index (χ0n) is 25.9. The fraction of sp³-hybridized carbons (Fsp3) is 0.242. The van der Waals surface area contributed by atoms with Gasteiger partial charge in [0.25, 0.3) is 5.91 Å². The van der Waals surface area contributed by atoms with Crippen LogP contribution in [0, 0.1) is 27.1 Å². The van der Waals surface area contributed by atoms with Crippen molar-refractivity contribution in [2.75, 3.05) is 6.61 Å². The number of nitrogens with zero attached hydrogens (tertiary/aromatic N) is 3. The third-order valence-corrected chi connectivity index (χ3v) is 8.45. The lowest BCUT2D eigenvalue weighted by Gasteiger charge is -2.15. The number of amides is 2. The molecule has 9 nitrogen and oxygen atoms in total. The summed E-state index contributed by atoms with van der Waals surface area (Å²) in [5.41, 5.74) is 0.334. The zero-order valence-corrected chi connectivity index (χ0v) is 30.4. The summed E-state index contributed by atoms with van der Waals surface area (Å²) in [5, 5.41) is 9.07. The number of hydrogen-bond acceptors (Lipinski definition) is 7. The van der Waals surface area contributed by atoms with Crippen molar-refractivity contribution in [2.45, 2.75) is 38.8 Å². The Morgan fingerprint density at radius 2 is 1.80 bits per heavy atom. The number of rotatable bonds is 11. The SMILES string of the molecule is CC(NC(=O)c1c(I)ccnc1F)c1ncc(Br)cc1Cl.O=C(Cc1ccccc1)N/C(=N\OCC1CC1)c1c(OC(F)F)ccc(F)c1F. The first-order valence-electron chi connectivity index (χ1n) is 14.7. The van der Waals surface area contributed by atoms with Crippen LogP contribution < -0.4 is 15.4 Å². The van der Waals surface area contributed by atoms with E-state index in [1.165, 1.54) is 6.20 Å². The van der Waals surface area contributed by atoms with Crippen molar-refractivity contribution >= 4 is 67.8 Å². The fourth-order valence-electron chi connectivity index (χ4n) is 4.23. The van der Waals surface area contributed by atoms with Gasteiger partial charge in [-0.05, 0) is 94.0 Å². The molecule has 0 saturated heterocycles. The van der Waals surface area contributed by atoms with Gasteiger partial charge in [-0.1, -0.05) is 47.1 Å². The molecule has 17 heteroatoms. The van der Waals surface area contributed by atoms with Crippen LogP contribution in [0.25, 0.3) is 0 Å². The van der Waals surface area contributed by atoms with Gasteiger partial charge in [0.05, 0.1) is 23.2 Å². The van der Waals surface area contributed by atoms with Crippen LogP contribution in [-0.4, -0.2) is 40.8 Å². The lowest BCUT2D eigenvalue weighted by atomic mass is 10.1. The molecule has 2 heterocycles. The molecule has 264 valence electrons. The van der Waals surface area contributed by atoms with Gasteiger partial charge in [-0.3, -0.25) is 14.6 Å². The molecule has 0 aliphatic heterocycles. The van der Waals surface area contributed by atoms with Crippen molar-refractivity contribution < 1.29 is 41.1 Å². The van der Waals surface area contributed by atoms with Gasteiger partial charge in [-0.2, -0.15) is 13.2 Å². The molecule has 1 saturated carbocycles. The molecule has 2 aromatic carbocycles. The normalized spacial score (nSPS) is 13.2. The van der Waals surface area contributed by atoms with Gasteiger partial charge in [0.2, 0.25) is 11.9 Å². The fourth-order valence-corrected chi connectivity index (χ4v) is 5.65. The van der Waals surface area contributed by atoms with E-state index in [2.05, 4.69) is 46.4 Å². The third-order valence-electron chi connectivity index (χ3n) is 6.81. The summed E-state index contributed by atoms with van der Waals surface area (Å²) < 4.78 is 72.8. The van der Waals surface area contributed by atoms with Crippen LogP contribution in [0.4, 0.5) is 22.0 Å². The van der Waals surface area contributed by atoms with Crippen molar-refractivity contribution in [1.29, 1.82) is 0 Å². The predicted molar refractivity (Wildman–Crippen MR) is 186 cm³/mol. The number of ether oxygens (including phenoxy) is 1. The largest absolute Gasteiger partial charge is 0.434 e.